The Bertz CT molecular complexity index is 280. The zero-order valence-electron chi connectivity index (χ0n) is 13.3. The molecule has 2 N–H and O–H groups in total. The molecule has 118 valence electrons. The normalized spacial score (nSPS) is 35.4. The van der Waals surface area contributed by atoms with E-state index in [-0.39, 0.29) is 5.54 Å². The van der Waals surface area contributed by atoms with E-state index in [1.165, 1.54) is 25.7 Å². The van der Waals surface area contributed by atoms with E-state index in [9.17, 15) is 0 Å². The molecule has 2 aliphatic rings. The van der Waals surface area contributed by atoms with Crippen molar-refractivity contribution in [3.05, 3.63) is 0 Å². The average Bonchev–Trinajstić information content (AvgIpc) is 2.48. The second kappa shape index (κ2) is 7.74. The summed E-state index contributed by atoms with van der Waals surface area (Å²) in [6, 6.07) is 0. The lowest BCUT2D eigenvalue weighted by atomic mass is 9.83. The van der Waals surface area contributed by atoms with E-state index in [1.807, 2.05) is 0 Å². The summed E-state index contributed by atoms with van der Waals surface area (Å²) in [5.74, 6) is 0. The largest absolute Gasteiger partial charge is 0.378 e. The molecule has 2 heterocycles. The lowest BCUT2D eigenvalue weighted by molar-refractivity contribution is -0.0849. The van der Waals surface area contributed by atoms with Gasteiger partial charge in [-0.1, -0.05) is 13.3 Å². The predicted octanol–water partition coefficient (Wildman–Crippen LogP) is 2.16. The first-order chi connectivity index (χ1) is 9.70. The van der Waals surface area contributed by atoms with E-state index < -0.39 is 0 Å². The number of nitrogens with zero attached hydrogens (tertiary/aromatic N) is 1. The number of rotatable bonds is 6. The van der Waals surface area contributed by atoms with Crippen LogP contribution in [0.5, 0.6) is 0 Å². The Hall–Kier alpha value is -0.160. The Morgan fingerprint density at radius 1 is 1.20 bits per heavy atom. The maximum atomic E-state index is 6.16. The molecule has 0 aromatic rings. The fraction of sp³-hybridized carbons (Fsp3) is 1.00. The van der Waals surface area contributed by atoms with Crippen LogP contribution in [-0.4, -0.2) is 56.0 Å². The van der Waals surface area contributed by atoms with Crippen molar-refractivity contribution in [1.29, 1.82) is 0 Å². The molecule has 0 saturated carbocycles. The molecule has 2 aliphatic heterocycles. The molecule has 0 aromatic carbocycles. The lowest BCUT2D eigenvalue weighted by Crippen LogP contribution is -2.58. The minimum atomic E-state index is 0.110. The molecule has 0 bridgehead atoms. The van der Waals surface area contributed by atoms with Gasteiger partial charge in [-0.3, -0.25) is 4.90 Å². The first-order valence-corrected chi connectivity index (χ1v) is 8.34. The molecule has 0 radical (unpaired) electrons. The van der Waals surface area contributed by atoms with Crippen LogP contribution in [0.25, 0.3) is 0 Å². The van der Waals surface area contributed by atoms with Crippen molar-refractivity contribution in [1.82, 2.24) is 4.90 Å². The van der Waals surface area contributed by atoms with Crippen molar-refractivity contribution in [2.75, 3.05) is 33.4 Å². The van der Waals surface area contributed by atoms with Gasteiger partial charge < -0.3 is 15.2 Å². The van der Waals surface area contributed by atoms with Gasteiger partial charge in [-0.15, -0.1) is 0 Å². The van der Waals surface area contributed by atoms with Gasteiger partial charge in [0.15, 0.2) is 0 Å². The summed E-state index contributed by atoms with van der Waals surface area (Å²) in [7, 11) is 2.22. The molecule has 4 heteroatoms. The Kier molecular flexibility index (Phi) is 6.27. The number of ether oxygens (including phenoxy) is 2. The van der Waals surface area contributed by atoms with E-state index in [4.69, 9.17) is 15.2 Å². The molecule has 2 fully saturated rings. The van der Waals surface area contributed by atoms with Gasteiger partial charge in [-0.25, -0.2) is 0 Å². The minimum absolute atomic E-state index is 0.110. The van der Waals surface area contributed by atoms with Crippen molar-refractivity contribution in [3.63, 3.8) is 0 Å². The third-order valence-electron chi connectivity index (χ3n) is 5.08. The second-order valence-electron chi connectivity index (χ2n) is 6.53. The molecule has 3 atom stereocenters. The van der Waals surface area contributed by atoms with Crippen LogP contribution < -0.4 is 5.73 Å². The molecule has 0 spiro atoms. The number of likely N-dealkylation sites (N-methyl/N-ethyl adjacent to an activating group) is 1. The summed E-state index contributed by atoms with van der Waals surface area (Å²) >= 11 is 0. The molecule has 0 amide bonds. The lowest BCUT2D eigenvalue weighted by Gasteiger charge is -2.47. The second-order valence-corrected chi connectivity index (χ2v) is 6.53. The van der Waals surface area contributed by atoms with E-state index in [0.29, 0.717) is 12.2 Å². The van der Waals surface area contributed by atoms with Crippen LogP contribution in [0.15, 0.2) is 0 Å². The van der Waals surface area contributed by atoms with Gasteiger partial charge in [-0.2, -0.15) is 0 Å². The Morgan fingerprint density at radius 2 is 2.00 bits per heavy atom. The molecular formula is C16H32N2O2. The Morgan fingerprint density at radius 3 is 2.65 bits per heavy atom. The van der Waals surface area contributed by atoms with Crippen LogP contribution in [0, 0.1) is 0 Å². The zero-order valence-corrected chi connectivity index (χ0v) is 13.3. The average molecular weight is 284 g/mol. The molecular weight excluding hydrogens is 252 g/mol. The van der Waals surface area contributed by atoms with Crippen LogP contribution >= 0.6 is 0 Å². The first-order valence-electron chi connectivity index (χ1n) is 8.34. The van der Waals surface area contributed by atoms with Crippen molar-refractivity contribution in [2.45, 2.75) is 69.6 Å². The van der Waals surface area contributed by atoms with E-state index in [1.54, 1.807) is 0 Å². The van der Waals surface area contributed by atoms with Crippen LogP contribution in [0.3, 0.4) is 0 Å². The molecule has 20 heavy (non-hydrogen) atoms. The third kappa shape index (κ3) is 3.94. The quantitative estimate of drug-likeness (QED) is 0.812. The molecule has 2 saturated heterocycles. The van der Waals surface area contributed by atoms with Gasteiger partial charge in [0.1, 0.15) is 0 Å². The maximum absolute atomic E-state index is 6.16. The van der Waals surface area contributed by atoms with Crippen LogP contribution in [0.1, 0.15) is 51.9 Å². The van der Waals surface area contributed by atoms with E-state index >= 15 is 0 Å². The smallest absolute Gasteiger partial charge is 0.0702 e. The maximum Gasteiger partial charge on any atom is 0.0702 e. The highest BCUT2D eigenvalue weighted by molar-refractivity contribution is 4.96. The number of hydrogen-bond acceptors (Lipinski definition) is 4. The van der Waals surface area contributed by atoms with Crippen LogP contribution in [-0.2, 0) is 9.47 Å². The first kappa shape index (κ1) is 16.2. The molecule has 3 unspecified atom stereocenters. The standard InChI is InChI=1S/C16H32N2O2/c1-3-6-14-11-16(13-17,8-10-20-14)18(2)12-15-7-4-5-9-19-15/h14-15H,3-13,17H2,1-2H3. The Balaban J connectivity index is 1.93. The summed E-state index contributed by atoms with van der Waals surface area (Å²) in [4.78, 5) is 2.47. The highest BCUT2D eigenvalue weighted by atomic mass is 16.5. The van der Waals surface area contributed by atoms with Gasteiger partial charge in [0.25, 0.3) is 0 Å². The summed E-state index contributed by atoms with van der Waals surface area (Å²) in [6.45, 7) is 5.73. The van der Waals surface area contributed by atoms with Crippen molar-refractivity contribution < 1.29 is 9.47 Å². The highest BCUT2D eigenvalue weighted by Crippen LogP contribution is 2.32. The summed E-state index contributed by atoms with van der Waals surface area (Å²) in [6.07, 6.45) is 8.94. The fourth-order valence-corrected chi connectivity index (χ4v) is 3.65. The van der Waals surface area contributed by atoms with Gasteiger partial charge >= 0.3 is 0 Å². The van der Waals surface area contributed by atoms with E-state index in [0.717, 1.165) is 45.6 Å². The van der Waals surface area contributed by atoms with Gasteiger partial charge in [0.2, 0.25) is 0 Å². The number of nitrogens with two attached hydrogens (primary N) is 1. The predicted molar refractivity (Wildman–Crippen MR) is 81.9 cm³/mol. The summed E-state index contributed by atoms with van der Waals surface area (Å²) < 4.78 is 11.8. The van der Waals surface area contributed by atoms with Crippen molar-refractivity contribution >= 4 is 0 Å². The SMILES string of the molecule is CCCC1CC(CN)(N(C)CC2CCCCO2)CCO1. The zero-order chi connectivity index (χ0) is 14.4. The van der Waals surface area contributed by atoms with Crippen molar-refractivity contribution in [3.8, 4) is 0 Å². The molecule has 2 rings (SSSR count). The molecule has 0 aromatic heterocycles. The fourth-order valence-electron chi connectivity index (χ4n) is 3.65. The monoisotopic (exact) mass is 284 g/mol. The van der Waals surface area contributed by atoms with Crippen LogP contribution in [0.4, 0.5) is 0 Å². The van der Waals surface area contributed by atoms with Gasteiger partial charge in [0, 0.05) is 31.8 Å². The summed E-state index contributed by atoms with van der Waals surface area (Å²) in [5.41, 5.74) is 6.27. The minimum Gasteiger partial charge on any atom is -0.378 e. The van der Waals surface area contributed by atoms with E-state index in [2.05, 4.69) is 18.9 Å². The third-order valence-corrected chi connectivity index (χ3v) is 5.08. The highest BCUT2D eigenvalue weighted by Gasteiger charge is 2.39. The molecule has 4 nitrogen and oxygen atoms in total. The van der Waals surface area contributed by atoms with Gasteiger partial charge in [-0.05, 0) is 45.6 Å². The molecule has 0 aliphatic carbocycles. The number of hydrogen-bond donors (Lipinski definition) is 1. The summed E-state index contributed by atoms with van der Waals surface area (Å²) in [5, 5.41) is 0. The topological polar surface area (TPSA) is 47.7 Å². The Labute approximate surface area is 124 Å². The van der Waals surface area contributed by atoms with Gasteiger partial charge in [0.05, 0.1) is 12.2 Å². The van der Waals surface area contributed by atoms with Crippen LogP contribution in [0.2, 0.25) is 0 Å². The van der Waals surface area contributed by atoms with Crippen molar-refractivity contribution in [2.24, 2.45) is 5.73 Å².